The zero-order valence-corrected chi connectivity index (χ0v) is 18.1. The predicted molar refractivity (Wildman–Crippen MR) is 116 cm³/mol. The number of aliphatic imine (C=N–C) groups is 1. The van der Waals surface area contributed by atoms with E-state index in [0.717, 1.165) is 83.7 Å². The van der Waals surface area contributed by atoms with Crippen LogP contribution < -0.4 is 10.6 Å². The van der Waals surface area contributed by atoms with Crippen molar-refractivity contribution >= 4 is 15.0 Å². The van der Waals surface area contributed by atoms with Crippen molar-refractivity contribution in [3.63, 3.8) is 0 Å². The summed E-state index contributed by atoms with van der Waals surface area (Å²) >= 11 is 0. The van der Waals surface area contributed by atoms with Gasteiger partial charge in [0.1, 0.15) is 5.75 Å². The molecule has 3 heterocycles. The largest absolute Gasteiger partial charge is 0.507 e. The third-order valence-electron chi connectivity index (χ3n) is 5.09. The standard InChI is InChI=1S/C20H34N4O4Si/c25-20-5-2-1-4-19(20)18-23-10-9-22-8-7-21-6-3-17-29-26-14-11-24(12-15-27-29)13-16-28-29/h1-2,4-5,18,21-22,25H,3,6-17H2. The first kappa shape index (κ1) is 22.4. The Morgan fingerprint density at radius 2 is 1.62 bits per heavy atom. The van der Waals surface area contributed by atoms with E-state index in [4.69, 9.17) is 13.3 Å². The van der Waals surface area contributed by atoms with Crippen LogP contribution >= 0.6 is 0 Å². The number of phenolic OH excluding ortho intramolecular Hbond substituents is 1. The maximum Gasteiger partial charge on any atom is 0.501 e. The Morgan fingerprint density at radius 1 is 0.966 bits per heavy atom. The number of aromatic hydroxyl groups is 1. The third kappa shape index (κ3) is 7.78. The van der Waals surface area contributed by atoms with Crippen molar-refractivity contribution in [2.45, 2.75) is 12.5 Å². The minimum atomic E-state index is -2.47. The summed E-state index contributed by atoms with van der Waals surface area (Å²) in [6.45, 7) is 9.36. The molecule has 9 heteroatoms. The van der Waals surface area contributed by atoms with Crippen molar-refractivity contribution in [3.05, 3.63) is 29.8 Å². The molecule has 2 bridgehead atoms. The van der Waals surface area contributed by atoms with Crippen LogP contribution in [0.2, 0.25) is 6.04 Å². The van der Waals surface area contributed by atoms with Crippen molar-refractivity contribution < 1.29 is 18.4 Å². The second kappa shape index (κ2) is 12.4. The Bertz CT molecular complexity index is 608. The van der Waals surface area contributed by atoms with Crippen LogP contribution in [0.15, 0.2) is 29.3 Å². The summed E-state index contributed by atoms with van der Waals surface area (Å²) in [7, 11) is -2.47. The smallest absolute Gasteiger partial charge is 0.501 e. The molecule has 3 fully saturated rings. The number of hydrogen-bond donors (Lipinski definition) is 3. The summed E-state index contributed by atoms with van der Waals surface area (Å²) in [6, 6.07) is 8.09. The summed E-state index contributed by atoms with van der Waals surface area (Å²) in [5.74, 6) is 0.262. The minimum absolute atomic E-state index is 0.262. The Morgan fingerprint density at radius 3 is 2.31 bits per heavy atom. The molecule has 8 nitrogen and oxygen atoms in total. The molecule has 0 radical (unpaired) electrons. The van der Waals surface area contributed by atoms with Gasteiger partial charge in [0, 0.05) is 57.1 Å². The molecule has 0 saturated carbocycles. The number of benzene rings is 1. The van der Waals surface area contributed by atoms with Crippen molar-refractivity contribution in [2.24, 2.45) is 4.99 Å². The zero-order valence-electron chi connectivity index (χ0n) is 17.1. The van der Waals surface area contributed by atoms with Gasteiger partial charge < -0.3 is 29.0 Å². The van der Waals surface area contributed by atoms with Crippen LogP contribution in [-0.4, -0.2) is 97.2 Å². The predicted octanol–water partition coefficient (Wildman–Crippen LogP) is 0.698. The van der Waals surface area contributed by atoms with E-state index in [1.54, 1.807) is 18.3 Å². The summed E-state index contributed by atoms with van der Waals surface area (Å²) in [4.78, 5) is 6.67. The molecule has 29 heavy (non-hydrogen) atoms. The molecule has 3 aliphatic heterocycles. The van der Waals surface area contributed by atoms with E-state index in [2.05, 4.69) is 20.5 Å². The number of para-hydroxylation sites is 1. The molecule has 1 aromatic rings. The highest BCUT2D eigenvalue weighted by molar-refractivity contribution is 6.60. The van der Waals surface area contributed by atoms with Gasteiger partial charge in [0.15, 0.2) is 0 Å². The molecule has 0 aliphatic carbocycles. The molecule has 0 unspecified atom stereocenters. The highest BCUT2D eigenvalue weighted by Crippen LogP contribution is 2.21. The highest BCUT2D eigenvalue weighted by atomic mass is 28.4. The Labute approximate surface area is 174 Å². The minimum Gasteiger partial charge on any atom is -0.507 e. The van der Waals surface area contributed by atoms with Gasteiger partial charge in [-0.2, -0.15) is 0 Å². The molecule has 4 rings (SSSR count). The second-order valence-corrected chi connectivity index (χ2v) is 10.00. The Hall–Kier alpha value is -1.33. The van der Waals surface area contributed by atoms with Gasteiger partial charge in [-0.25, -0.2) is 0 Å². The van der Waals surface area contributed by atoms with Gasteiger partial charge >= 0.3 is 8.80 Å². The lowest BCUT2D eigenvalue weighted by Gasteiger charge is -2.38. The number of nitrogens with zero attached hydrogens (tertiary/aromatic N) is 2. The van der Waals surface area contributed by atoms with Crippen molar-refractivity contribution in [1.29, 1.82) is 0 Å². The van der Waals surface area contributed by atoms with Crippen molar-refractivity contribution in [2.75, 3.05) is 72.2 Å². The van der Waals surface area contributed by atoms with Gasteiger partial charge in [0.05, 0.1) is 26.4 Å². The molecule has 0 atom stereocenters. The number of nitrogens with one attached hydrogen (secondary N) is 2. The summed E-state index contributed by atoms with van der Waals surface area (Å²) < 4.78 is 18.1. The monoisotopic (exact) mass is 422 g/mol. The van der Waals surface area contributed by atoms with Crippen LogP contribution in [0.1, 0.15) is 12.0 Å². The first-order valence-corrected chi connectivity index (χ1v) is 12.5. The fourth-order valence-electron chi connectivity index (χ4n) is 3.43. The highest BCUT2D eigenvalue weighted by Gasteiger charge is 2.43. The van der Waals surface area contributed by atoms with Crippen molar-refractivity contribution in [3.8, 4) is 5.75 Å². The summed E-state index contributed by atoms with van der Waals surface area (Å²) in [5.41, 5.74) is 0.750. The lowest BCUT2D eigenvalue weighted by Crippen LogP contribution is -2.55. The first-order valence-electron chi connectivity index (χ1n) is 10.6. The van der Waals surface area contributed by atoms with Crippen LogP contribution in [0.25, 0.3) is 0 Å². The lowest BCUT2D eigenvalue weighted by atomic mass is 10.2. The van der Waals surface area contributed by atoms with Gasteiger partial charge in [-0.15, -0.1) is 0 Å². The summed E-state index contributed by atoms with van der Waals surface area (Å²) in [6.07, 6.45) is 2.72. The maximum atomic E-state index is 9.67. The fourth-order valence-corrected chi connectivity index (χ4v) is 5.93. The van der Waals surface area contributed by atoms with E-state index in [9.17, 15) is 5.11 Å². The molecule has 3 aliphatic rings. The second-order valence-electron chi connectivity index (χ2n) is 7.27. The molecule has 1 aromatic carbocycles. The Balaban J connectivity index is 1.20. The molecule has 3 N–H and O–H groups in total. The van der Waals surface area contributed by atoms with Gasteiger partial charge in [-0.3, -0.25) is 9.89 Å². The molecular weight excluding hydrogens is 388 g/mol. The quantitative estimate of drug-likeness (QED) is 0.275. The first-order chi connectivity index (χ1) is 14.3. The van der Waals surface area contributed by atoms with E-state index in [1.165, 1.54) is 0 Å². The van der Waals surface area contributed by atoms with Gasteiger partial charge in [0.25, 0.3) is 0 Å². The fraction of sp³-hybridized carbons (Fsp3) is 0.650. The van der Waals surface area contributed by atoms with Crippen LogP contribution in [0.4, 0.5) is 0 Å². The number of phenols is 1. The molecular formula is C20H34N4O4Si. The molecule has 0 amide bonds. The van der Waals surface area contributed by atoms with Crippen LogP contribution in [-0.2, 0) is 13.3 Å². The van der Waals surface area contributed by atoms with E-state index in [-0.39, 0.29) is 5.75 Å². The SMILES string of the molecule is Oc1ccccc1C=NCCNCCNCCC[Si]12OCCN(CCO1)CCO2. The zero-order chi connectivity index (χ0) is 20.2. The maximum absolute atomic E-state index is 9.67. The summed E-state index contributed by atoms with van der Waals surface area (Å²) in [5, 5.41) is 16.5. The van der Waals surface area contributed by atoms with Gasteiger partial charge in [-0.1, -0.05) is 12.1 Å². The number of hydrogen-bond acceptors (Lipinski definition) is 8. The third-order valence-corrected chi connectivity index (χ3v) is 7.99. The molecule has 3 saturated heterocycles. The Kier molecular flexibility index (Phi) is 9.54. The number of fused-ring (bicyclic) bond motifs is 6. The molecule has 0 aromatic heterocycles. The molecule has 0 spiro atoms. The van der Waals surface area contributed by atoms with Crippen molar-refractivity contribution in [1.82, 2.24) is 15.5 Å². The average Bonchev–Trinajstić information content (AvgIpc) is 2.67. The van der Waals surface area contributed by atoms with Crippen LogP contribution in [0.3, 0.4) is 0 Å². The van der Waals surface area contributed by atoms with Gasteiger partial charge in [-0.05, 0) is 25.1 Å². The van der Waals surface area contributed by atoms with Crippen LogP contribution in [0, 0.1) is 0 Å². The van der Waals surface area contributed by atoms with E-state index >= 15 is 0 Å². The lowest BCUT2D eigenvalue weighted by molar-refractivity contribution is -0.00849. The van der Waals surface area contributed by atoms with E-state index < -0.39 is 8.80 Å². The van der Waals surface area contributed by atoms with E-state index in [0.29, 0.717) is 6.54 Å². The average molecular weight is 423 g/mol. The number of rotatable bonds is 11. The van der Waals surface area contributed by atoms with E-state index in [1.807, 2.05) is 12.1 Å². The topological polar surface area (TPSA) is 87.6 Å². The normalized spacial score (nSPS) is 25.0. The van der Waals surface area contributed by atoms with Crippen LogP contribution in [0.5, 0.6) is 5.75 Å². The van der Waals surface area contributed by atoms with Gasteiger partial charge in [0.2, 0.25) is 0 Å². The molecule has 162 valence electrons.